The molecule has 2 amide bonds. The van der Waals surface area contributed by atoms with Crippen LogP contribution in [0, 0.1) is 6.92 Å². The topological polar surface area (TPSA) is 74.6 Å². The van der Waals surface area contributed by atoms with Crippen molar-refractivity contribution < 1.29 is 9.59 Å². The van der Waals surface area contributed by atoms with E-state index in [4.69, 9.17) is 0 Å². The Hall–Kier alpha value is -3.52. The maximum absolute atomic E-state index is 13.8. The van der Waals surface area contributed by atoms with Gasteiger partial charge in [0.25, 0.3) is 0 Å². The Morgan fingerprint density at radius 2 is 1.79 bits per heavy atom. The monoisotopic (exact) mass is 514 g/mol. The van der Waals surface area contributed by atoms with Crippen LogP contribution in [0.25, 0.3) is 0 Å². The highest BCUT2D eigenvalue weighted by Crippen LogP contribution is 2.31. The number of nitrogens with zero attached hydrogens (tertiary/aromatic N) is 6. The molecule has 8 heteroatoms. The summed E-state index contributed by atoms with van der Waals surface area (Å²) in [6, 6.07) is 14.7. The quantitative estimate of drug-likeness (QED) is 0.511. The van der Waals surface area contributed by atoms with E-state index in [2.05, 4.69) is 27.0 Å². The van der Waals surface area contributed by atoms with Crippen LogP contribution in [-0.4, -0.2) is 61.3 Å². The lowest BCUT2D eigenvalue weighted by atomic mass is 9.92. The van der Waals surface area contributed by atoms with Crippen molar-refractivity contribution in [1.82, 2.24) is 24.3 Å². The van der Waals surface area contributed by atoms with Crippen molar-refractivity contribution in [2.45, 2.75) is 77.7 Å². The van der Waals surface area contributed by atoms with Gasteiger partial charge in [0.15, 0.2) is 0 Å². The minimum absolute atomic E-state index is 0.0359. The van der Waals surface area contributed by atoms with Gasteiger partial charge < -0.3 is 14.4 Å². The van der Waals surface area contributed by atoms with E-state index in [1.807, 2.05) is 64.0 Å². The fourth-order valence-corrected chi connectivity index (χ4v) is 6.02. The molecule has 0 aliphatic carbocycles. The van der Waals surface area contributed by atoms with Crippen LogP contribution in [0.3, 0.4) is 0 Å². The Morgan fingerprint density at radius 1 is 0.974 bits per heavy atom. The van der Waals surface area contributed by atoms with Crippen molar-refractivity contribution in [2.24, 2.45) is 0 Å². The molecule has 2 atom stereocenters. The molecule has 3 aromatic rings. The molecular weight excluding hydrogens is 476 g/mol. The third-order valence-corrected chi connectivity index (χ3v) is 8.07. The van der Waals surface area contributed by atoms with Crippen LogP contribution in [0.5, 0.6) is 0 Å². The average molecular weight is 515 g/mol. The number of amides is 2. The molecule has 2 unspecified atom stereocenters. The molecule has 0 spiro atoms. The van der Waals surface area contributed by atoms with Crippen LogP contribution in [-0.2, 0) is 29.2 Å². The van der Waals surface area contributed by atoms with Crippen molar-refractivity contribution >= 4 is 17.5 Å². The van der Waals surface area contributed by atoms with Gasteiger partial charge in [0.05, 0.1) is 5.69 Å². The van der Waals surface area contributed by atoms with Crippen molar-refractivity contribution in [3.05, 3.63) is 78.1 Å². The van der Waals surface area contributed by atoms with E-state index in [9.17, 15) is 9.59 Å². The van der Waals surface area contributed by atoms with Crippen LogP contribution < -0.4 is 4.90 Å². The second-order valence-corrected chi connectivity index (χ2v) is 10.5. The molecule has 2 bridgehead atoms. The van der Waals surface area contributed by atoms with Gasteiger partial charge in [-0.2, -0.15) is 0 Å². The Bertz CT molecular complexity index is 1240. The van der Waals surface area contributed by atoms with Crippen molar-refractivity contribution in [3.63, 3.8) is 0 Å². The molecule has 4 heterocycles. The largest absolute Gasteiger partial charge is 0.337 e. The fourth-order valence-electron chi connectivity index (χ4n) is 6.02. The number of carbonyl (C=O) groups excluding carboxylic acids is 2. The number of fused-ring (bicyclic) bond motifs is 3. The van der Waals surface area contributed by atoms with Crippen LogP contribution in [0.2, 0.25) is 0 Å². The first-order valence-corrected chi connectivity index (χ1v) is 13.8. The number of hydrogen-bond donors (Lipinski definition) is 0. The highest BCUT2D eigenvalue weighted by atomic mass is 16.2. The van der Waals surface area contributed by atoms with Crippen LogP contribution in [0.1, 0.15) is 56.1 Å². The van der Waals surface area contributed by atoms with Crippen LogP contribution in [0.15, 0.2) is 61.1 Å². The Balaban J connectivity index is 1.48. The number of carbonyl (C=O) groups is 2. The summed E-state index contributed by atoms with van der Waals surface area (Å²) in [5.41, 5.74) is 2.97. The second-order valence-electron chi connectivity index (χ2n) is 10.5. The number of aryl methyl sites for hydroxylation is 2. The van der Waals surface area contributed by atoms with Gasteiger partial charge in [0, 0.05) is 82.4 Å². The smallest absolute Gasteiger partial charge is 0.224 e. The fraction of sp³-hybridized carbons (Fsp3) is 0.467. The van der Waals surface area contributed by atoms with Crippen LogP contribution in [0.4, 0.5) is 5.69 Å². The van der Waals surface area contributed by atoms with E-state index in [0.717, 1.165) is 55.0 Å². The molecule has 2 aliphatic rings. The summed E-state index contributed by atoms with van der Waals surface area (Å²) in [4.78, 5) is 42.0. The lowest BCUT2D eigenvalue weighted by molar-refractivity contribution is -0.133. The number of aromatic nitrogens is 3. The van der Waals surface area contributed by atoms with E-state index in [0.29, 0.717) is 38.6 Å². The predicted molar refractivity (Wildman–Crippen MR) is 147 cm³/mol. The molecule has 8 nitrogen and oxygen atoms in total. The number of rotatable bonds is 5. The summed E-state index contributed by atoms with van der Waals surface area (Å²) in [5, 5.41) is 0. The predicted octanol–water partition coefficient (Wildman–Crippen LogP) is 4.19. The van der Waals surface area contributed by atoms with Crippen LogP contribution >= 0.6 is 0 Å². The molecular formula is C30H38N6O2. The van der Waals surface area contributed by atoms with Gasteiger partial charge in [-0.25, -0.2) is 4.98 Å². The van der Waals surface area contributed by atoms with E-state index >= 15 is 0 Å². The SMILES string of the molecule is CC(=O)N1CCC2CCCC(CN(C(=O)CCn3ccnc3C)Cc3ccccc31)N2Cc1ccccn1. The van der Waals surface area contributed by atoms with E-state index < -0.39 is 0 Å². The van der Waals surface area contributed by atoms with Crippen molar-refractivity contribution in [1.29, 1.82) is 0 Å². The van der Waals surface area contributed by atoms with Gasteiger partial charge in [-0.3, -0.25) is 19.5 Å². The molecule has 0 saturated carbocycles. The van der Waals surface area contributed by atoms with Gasteiger partial charge in [0.2, 0.25) is 11.8 Å². The molecule has 0 radical (unpaired) electrons. The summed E-state index contributed by atoms with van der Waals surface area (Å²) in [6.45, 7) is 6.77. The Morgan fingerprint density at radius 3 is 2.55 bits per heavy atom. The molecule has 1 saturated heterocycles. The first-order chi connectivity index (χ1) is 18.5. The zero-order chi connectivity index (χ0) is 26.5. The summed E-state index contributed by atoms with van der Waals surface area (Å²) in [7, 11) is 0. The molecule has 1 fully saturated rings. The molecule has 38 heavy (non-hydrogen) atoms. The standard InChI is InChI=1S/C30H38N6O2/c1-23-31-16-19-33(23)17-14-30(38)34-20-25-8-3-4-12-29(25)35(24(2)37)18-13-27-10-7-11-28(22-34)36(27)21-26-9-5-6-15-32-26/h3-6,8-9,12,15-16,19,27-28H,7,10-11,13-14,17-18,20-22H2,1-2H3. The number of piperidine rings is 1. The first-order valence-electron chi connectivity index (χ1n) is 13.8. The zero-order valence-corrected chi connectivity index (χ0v) is 22.5. The molecule has 2 aliphatic heterocycles. The van der Waals surface area contributed by atoms with Crippen molar-refractivity contribution in [3.8, 4) is 0 Å². The highest BCUT2D eigenvalue weighted by molar-refractivity contribution is 5.92. The average Bonchev–Trinajstić information content (AvgIpc) is 3.33. The Kier molecular flexibility index (Phi) is 8.17. The van der Waals surface area contributed by atoms with E-state index in [1.165, 1.54) is 0 Å². The van der Waals surface area contributed by atoms with Gasteiger partial charge in [-0.1, -0.05) is 30.7 Å². The van der Waals surface area contributed by atoms with E-state index in [1.54, 1.807) is 13.1 Å². The Labute approximate surface area is 225 Å². The summed E-state index contributed by atoms with van der Waals surface area (Å²) in [5.74, 6) is 1.07. The number of imidazole rings is 1. The summed E-state index contributed by atoms with van der Waals surface area (Å²) < 4.78 is 2.03. The molecule has 5 rings (SSSR count). The minimum Gasteiger partial charge on any atom is -0.337 e. The zero-order valence-electron chi connectivity index (χ0n) is 22.5. The number of hydrogen-bond acceptors (Lipinski definition) is 5. The lowest BCUT2D eigenvalue weighted by Crippen LogP contribution is -2.52. The third kappa shape index (κ3) is 5.96. The van der Waals surface area contributed by atoms with Gasteiger partial charge >= 0.3 is 0 Å². The maximum atomic E-state index is 13.8. The number of pyridine rings is 1. The lowest BCUT2D eigenvalue weighted by Gasteiger charge is -2.44. The summed E-state index contributed by atoms with van der Waals surface area (Å²) in [6.07, 6.45) is 10.1. The maximum Gasteiger partial charge on any atom is 0.224 e. The molecule has 200 valence electrons. The molecule has 2 aromatic heterocycles. The van der Waals surface area contributed by atoms with E-state index in [-0.39, 0.29) is 17.9 Å². The normalized spacial score (nSPS) is 20.5. The number of para-hydroxylation sites is 1. The first kappa shape index (κ1) is 26.1. The second kappa shape index (κ2) is 11.9. The molecule has 1 aromatic carbocycles. The highest BCUT2D eigenvalue weighted by Gasteiger charge is 2.34. The minimum atomic E-state index is 0.0359. The molecule has 0 N–H and O–H groups in total. The number of benzene rings is 1. The summed E-state index contributed by atoms with van der Waals surface area (Å²) >= 11 is 0. The van der Waals surface area contributed by atoms with Crippen molar-refractivity contribution in [2.75, 3.05) is 18.0 Å². The van der Waals surface area contributed by atoms with Gasteiger partial charge in [-0.15, -0.1) is 0 Å². The van der Waals surface area contributed by atoms with Gasteiger partial charge in [0.1, 0.15) is 5.82 Å². The van der Waals surface area contributed by atoms with Gasteiger partial charge in [-0.05, 0) is 49.9 Å². The number of anilines is 1. The third-order valence-electron chi connectivity index (χ3n) is 8.07.